The van der Waals surface area contributed by atoms with Crippen LogP contribution in [0.2, 0.25) is 0 Å². The van der Waals surface area contributed by atoms with Gasteiger partial charge in [-0.2, -0.15) is 0 Å². The zero-order chi connectivity index (χ0) is 13.7. The Hall–Kier alpha value is -0.970. The van der Waals surface area contributed by atoms with Gasteiger partial charge in [0.25, 0.3) is 0 Å². The molecule has 1 aliphatic rings. The van der Waals surface area contributed by atoms with E-state index < -0.39 is 0 Å². The third-order valence-electron chi connectivity index (χ3n) is 4.03. The predicted octanol–water partition coefficient (Wildman–Crippen LogP) is 0.852. The molecule has 1 atom stereocenters. The quantitative estimate of drug-likeness (QED) is 0.825. The molecule has 1 fully saturated rings. The van der Waals surface area contributed by atoms with Crippen molar-refractivity contribution in [1.82, 2.24) is 20.5 Å². The van der Waals surface area contributed by atoms with Crippen LogP contribution in [0.3, 0.4) is 0 Å². The highest BCUT2D eigenvalue weighted by Gasteiger charge is 2.22. The van der Waals surface area contributed by atoms with Gasteiger partial charge in [-0.1, -0.05) is 19.9 Å². The first kappa shape index (κ1) is 14.4. The summed E-state index contributed by atoms with van der Waals surface area (Å²) in [6.07, 6.45) is 3.80. The Balaban J connectivity index is 1.81. The van der Waals surface area contributed by atoms with E-state index in [2.05, 4.69) is 47.5 Å². The lowest BCUT2D eigenvalue weighted by Crippen LogP contribution is -2.54. The fourth-order valence-electron chi connectivity index (χ4n) is 2.51. The number of hydrogen-bond donors (Lipinski definition) is 2. The number of hydrogen-bond acceptors (Lipinski definition) is 4. The summed E-state index contributed by atoms with van der Waals surface area (Å²) in [5, 5.41) is 7.07. The molecule has 19 heavy (non-hydrogen) atoms. The molecule has 2 rings (SSSR count). The molecular weight excluding hydrogens is 236 g/mol. The molecule has 106 valence electrons. The molecule has 0 aliphatic carbocycles. The van der Waals surface area contributed by atoms with E-state index in [1.165, 1.54) is 5.56 Å². The smallest absolute Gasteiger partial charge is 0.0342 e. The Morgan fingerprint density at radius 1 is 1.53 bits per heavy atom. The van der Waals surface area contributed by atoms with Crippen molar-refractivity contribution in [2.75, 3.05) is 39.8 Å². The van der Waals surface area contributed by atoms with Crippen molar-refractivity contribution in [1.29, 1.82) is 0 Å². The number of pyridine rings is 1. The van der Waals surface area contributed by atoms with Gasteiger partial charge in [0.05, 0.1) is 0 Å². The highest BCUT2D eigenvalue weighted by molar-refractivity contribution is 5.19. The molecule has 0 spiro atoms. The van der Waals surface area contributed by atoms with Crippen LogP contribution < -0.4 is 10.6 Å². The molecule has 0 bridgehead atoms. The average Bonchev–Trinajstić information content (AvgIpc) is 2.42. The van der Waals surface area contributed by atoms with E-state index in [1.807, 2.05) is 18.5 Å². The fraction of sp³-hybridized carbons (Fsp3) is 0.667. The lowest BCUT2D eigenvalue weighted by Gasteiger charge is -2.34. The second-order valence-electron chi connectivity index (χ2n) is 6.10. The average molecular weight is 262 g/mol. The molecule has 4 heteroatoms. The molecule has 1 saturated heterocycles. The Bertz CT molecular complexity index is 377. The van der Waals surface area contributed by atoms with Gasteiger partial charge >= 0.3 is 0 Å². The second-order valence-corrected chi connectivity index (χ2v) is 6.10. The van der Waals surface area contributed by atoms with Crippen LogP contribution >= 0.6 is 0 Å². The lowest BCUT2D eigenvalue weighted by atomic mass is 9.85. The molecule has 0 saturated carbocycles. The van der Waals surface area contributed by atoms with E-state index in [1.54, 1.807) is 0 Å². The van der Waals surface area contributed by atoms with Crippen molar-refractivity contribution in [3.63, 3.8) is 0 Å². The van der Waals surface area contributed by atoms with Crippen LogP contribution in [-0.2, 0) is 5.41 Å². The molecule has 1 aromatic rings. The van der Waals surface area contributed by atoms with Crippen LogP contribution in [0.4, 0.5) is 0 Å². The van der Waals surface area contributed by atoms with Gasteiger partial charge in [-0.05, 0) is 18.7 Å². The molecule has 1 aromatic heterocycles. The summed E-state index contributed by atoms with van der Waals surface area (Å²) in [7, 11) is 2.21. The van der Waals surface area contributed by atoms with Crippen LogP contribution in [0.1, 0.15) is 19.4 Å². The molecule has 0 amide bonds. The standard InChI is InChI=1S/C15H26N4/c1-15(2,13-5-4-6-16-9-13)12-18-11-14-10-17-7-8-19(14)3/h4-6,9,14,17-18H,7-8,10-12H2,1-3H3. The Kier molecular flexibility index (Phi) is 4.91. The maximum absolute atomic E-state index is 4.21. The molecular formula is C15H26N4. The van der Waals surface area contributed by atoms with E-state index in [9.17, 15) is 0 Å². The maximum Gasteiger partial charge on any atom is 0.0342 e. The van der Waals surface area contributed by atoms with Gasteiger partial charge in [0.1, 0.15) is 0 Å². The maximum atomic E-state index is 4.21. The number of nitrogens with zero attached hydrogens (tertiary/aromatic N) is 2. The van der Waals surface area contributed by atoms with Crippen LogP contribution in [0.25, 0.3) is 0 Å². The Labute approximate surface area is 116 Å². The second kappa shape index (κ2) is 6.46. The number of nitrogens with one attached hydrogen (secondary N) is 2. The van der Waals surface area contributed by atoms with Gasteiger partial charge in [-0.15, -0.1) is 0 Å². The molecule has 2 N–H and O–H groups in total. The monoisotopic (exact) mass is 262 g/mol. The number of piperazine rings is 1. The summed E-state index contributed by atoms with van der Waals surface area (Å²) in [5.41, 5.74) is 1.41. The summed E-state index contributed by atoms with van der Waals surface area (Å²) in [4.78, 5) is 6.65. The highest BCUT2D eigenvalue weighted by atomic mass is 15.2. The van der Waals surface area contributed by atoms with Crippen LogP contribution in [-0.4, -0.2) is 55.7 Å². The molecule has 0 aromatic carbocycles. The van der Waals surface area contributed by atoms with Crippen molar-refractivity contribution in [3.05, 3.63) is 30.1 Å². The summed E-state index contributed by atoms with van der Waals surface area (Å²) in [6, 6.07) is 4.76. The highest BCUT2D eigenvalue weighted by Crippen LogP contribution is 2.20. The van der Waals surface area contributed by atoms with Gasteiger partial charge in [0.2, 0.25) is 0 Å². The van der Waals surface area contributed by atoms with Gasteiger partial charge in [0.15, 0.2) is 0 Å². The Morgan fingerprint density at radius 2 is 2.37 bits per heavy atom. The summed E-state index contributed by atoms with van der Waals surface area (Å²) >= 11 is 0. The van der Waals surface area contributed by atoms with Crippen molar-refractivity contribution >= 4 is 0 Å². The summed E-state index contributed by atoms with van der Waals surface area (Å²) in [6.45, 7) is 9.86. The minimum absolute atomic E-state index is 0.120. The zero-order valence-corrected chi connectivity index (χ0v) is 12.3. The van der Waals surface area contributed by atoms with Gasteiger partial charge in [-0.25, -0.2) is 0 Å². The van der Waals surface area contributed by atoms with Gasteiger partial charge in [0, 0.05) is 56.6 Å². The minimum Gasteiger partial charge on any atom is -0.314 e. The third-order valence-corrected chi connectivity index (χ3v) is 4.03. The number of aromatic nitrogens is 1. The van der Waals surface area contributed by atoms with Gasteiger partial charge in [-0.3, -0.25) is 9.88 Å². The van der Waals surface area contributed by atoms with Crippen LogP contribution in [0, 0.1) is 0 Å². The molecule has 1 unspecified atom stereocenters. The topological polar surface area (TPSA) is 40.2 Å². The first-order valence-corrected chi connectivity index (χ1v) is 7.12. The predicted molar refractivity (Wildman–Crippen MR) is 79.4 cm³/mol. The first-order valence-electron chi connectivity index (χ1n) is 7.12. The molecule has 2 heterocycles. The lowest BCUT2D eigenvalue weighted by molar-refractivity contribution is 0.193. The molecule has 0 radical (unpaired) electrons. The van der Waals surface area contributed by atoms with E-state index in [-0.39, 0.29) is 5.41 Å². The van der Waals surface area contributed by atoms with Crippen molar-refractivity contribution in [2.24, 2.45) is 0 Å². The van der Waals surface area contributed by atoms with Gasteiger partial charge < -0.3 is 10.6 Å². The van der Waals surface area contributed by atoms with Crippen molar-refractivity contribution < 1.29 is 0 Å². The number of rotatable bonds is 5. The number of likely N-dealkylation sites (N-methyl/N-ethyl adjacent to an activating group) is 1. The molecule has 1 aliphatic heterocycles. The SMILES string of the molecule is CN1CCNCC1CNCC(C)(C)c1cccnc1. The van der Waals surface area contributed by atoms with E-state index in [0.717, 1.165) is 32.7 Å². The van der Waals surface area contributed by atoms with Crippen LogP contribution in [0.15, 0.2) is 24.5 Å². The van der Waals surface area contributed by atoms with Crippen LogP contribution in [0.5, 0.6) is 0 Å². The minimum atomic E-state index is 0.120. The zero-order valence-electron chi connectivity index (χ0n) is 12.3. The Morgan fingerprint density at radius 3 is 3.05 bits per heavy atom. The molecule has 4 nitrogen and oxygen atoms in total. The third kappa shape index (κ3) is 4.00. The summed E-state index contributed by atoms with van der Waals surface area (Å²) < 4.78 is 0. The first-order chi connectivity index (χ1) is 9.09. The normalized spacial score (nSPS) is 21.5. The summed E-state index contributed by atoms with van der Waals surface area (Å²) in [5.74, 6) is 0. The van der Waals surface area contributed by atoms with E-state index >= 15 is 0 Å². The largest absolute Gasteiger partial charge is 0.314 e. The fourth-order valence-corrected chi connectivity index (χ4v) is 2.51. The van der Waals surface area contributed by atoms with E-state index in [4.69, 9.17) is 0 Å². The van der Waals surface area contributed by atoms with Crippen molar-refractivity contribution in [3.8, 4) is 0 Å². The van der Waals surface area contributed by atoms with Crippen molar-refractivity contribution in [2.45, 2.75) is 25.3 Å². The van der Waals surface area contributed by atoms with E-state index in [0.29, 0.717) is 6.04 Å².